The second kappa shape index (κ2) is 3.14. The summed E-state index contributed by atoms with van der Waals surface area (Å²) in [5, 5.41) is 11.9. The number of alkyl halides is 1. The molecule has 0 saturated carbocycles. The third-order valence-electron chi connectivity index (χ3n) is 0.820. The van der Waals surface area contributed by atoms with Gasteiger partial charge in [0, 0.05) is 5.75 Å². The van der Waals surface area contributed by atoms with Crippen molar-refractivity contribution >= 4 is 35.5 Å². The minimum absolute atomic E-state index is 0.185. The van der Waals surface area contributed by atoms with Gasteiger partial charge in [0.25, 0.3) is 0 Å². The molecule has 1 heterocycles. The van der Waals surface area contributed by atoms with Crippen molar-refractivity contribution in [3.8, 4) is 0 Å². The Morgan fingerprint density at radius 1 is 2.00 bits per heavy atom. The van der Waals surface area contributed by atoms with Gasteiger partial charge in [0.05, 0.1) is 2.96 Å². The lowest BCUT2D eigenvalue weighted by atomic mass is 10.7. The molecular formula is C4H8INOS. The Balaban J connectivity index is 2.44. The first-order valence-corrected chi connectivity index (χ1v) is 6.49. The van der Waals surface area contributed by atoms with Crippen LogP contribution in [-0.4, -0.2) is 25.0 Å². The molecular weight excluding hydrogens is 237 g/mol. The van der Waals surface area contributed by atoms with Gasteiger partial charge in [0.15, 0.2) is 0 Å². The quantitative estimate of drug-likeness (QED) is 0.476. The van der Waals surface area contributed by atoms with Crippen molar-refractivity contribution in [2.24, 2.45) is 0 Å². The molecule has 0 aromatic heterocycles. The van der Waals surface area contributed by atoms with Gasteiger partial charge < -0.3 is 5.11 Å². The third-order valence-corrected chi connectivity index (χ3v) is 4.93. The van der Waals surface area contributed by atoms with Crippen LogP contribution in [0.4, 0.5) is 0 Å². The van der Waals surface area contributed by atoms with E-state index in [1.807, 2.05) is 0 Å². The second-order valence-corrected chi connectivity index (χ2v) is 5.35. The number of aliphatic hydroxyl groups is 1. The van der Waals surface area contributed by atoms with E-state index in [2.05, 4.69) is 10.2 Å². The Morgan fingerprint density at radius 2 is 2.75 bits per heavy atom. The van der Waals surface area contributed by atoms with Crippen LogP contribution in [0.1, 0.15) is 0 Å². The van der Waals surface area contributed by atoms with Gasteiger partial charge in [-0.3, -0.25) is 5.32 Å². The first-order chi connectivity index (χ1) is 3.83. The molecule has 0 radical (unpaired) electrons. The van der Waals surface area contributed by atoms with E-state index in [9.17, 15) is 0 Å². The maximum atomic E-state index is 8.90. The highest BCUT2D eigenvalue weighted by molar-refractivity contribution is 14.2. The Morgan fingerprint density at radius 3 is 3.00 bits per heavy atom. The Bertz CT molecular complexity index is 117. The minimum Gasteiger partial charge on any atom is -0.377 e. The van der Waals surface area contributed by atoms with Crippen LogP contribution in [0.3, 0.4) is 0 Å². The second-order valence-electron chi connectivity index (χ2n) is 1.43. The molecule has 1 aliphatic rings. The molecule has 0 bridgehead atoms. The molecule has 1 fully saturated rings. The van der Waals surface area contributed by atoms with Crippen LogP contribution in [0.2, 0.25) is 0 Å². The topological polar surface area (TPSA) is 32.3 Å². The van der Waals surface area contributed by atoms with E-state index in [1.165, 1.54) is 2.96 Å². The number of halogens is 1. The molecule has 1 saturated heterocycles. The van der Waals surface area contributed by atoms with E-state index in [-0.39, 0.29) is 27.0 Å². The van der Waals surface area contributed by atoms with Crippen LogP contribution in [-0.2, 0) is 0 Å². The van der Waals surface area contributed by atoms with Crippen LogP contribution in [0.25, 0.3) is 0 Å². The van der Waals surface area contributed by atoms with Gasteiger partial charge in [-0.25, -0.2) is 0 Å². The van der Waals surface area contributed by atoms with Gasteiger partial charge in [0.1, 0.15) is 6.23 Å². The number of rotatable bonds is 0. The molecule has 4 heteroatoms. The maximum absolute atomic E-state index is 8.90. The summed E-state index contributed by atoms with van der Waals surface area (Å²) in [6.07, 6.45) is -0.269. The van der Waals surface area contributed by atoms with Gasteiger partial charge in [0.2, 0.25) is 0 Å². The van der Waals surface area contributed by atoms with Crippen LogP contribution in [0.5, 0.6) is 0 Å². The van der Waals surface area contributed by atoms with E-state index in [4.69, 9.17) is 5.11 Å². The summed E-state index contributed by atoms with van der Waals surface area (Å²) in [5.41, 5.74) is 0. The van der Waals surface area contributed by atoms with Crippen molar-refractivity contribution in [2.75, 3.05) is 10.7 Å². The van der Waals surface area contributed by atoms with Crippen LogP contribution in [0, 0.1) is 0 Å². The summed E-state index contributed by atoms with van der Waals surface area (Å²) in [6.45, 7) is 0. The highest BCUT2D eigenvalue weighted by Gasteiger charge is 2.14. The van der Waals surface area contributed by atoms with Gasteiger partial charge in [-0.05, 0) is 4.93 Å². The number of hydrogen-bond acceptors (Lipinski definition) is 3. The summed E-state index contributed by atoms with van der Waals surface area (Å²) in [6, 6.07) is 0. The smallest absolute Gasteiger partial charge is 0.119 e. The van der Waals surface area contributed by atoms with Gasteiger partial charge in [-0.1, -0.05) is 20.7 Å². The highest BCUT2D eigenvalue weighted by Crippen LogP contribution is 2.15. The van der Waals surface area contributed by atoms with Gasteiger partial charge in [-0.15, -0.1) is 11.8 Å². The highest BCUT2D eigenvalue weighted by atomic mass is 127. The summed E-state index contributed by atoms with van der Waals surface area (Å²) >= 11 is 1.94. The van der Waals surface area contributed by atoms with Crippen molar-refractivity contribution in [3.05, 3.63) is 0 Å². The molecule has 0 aromatic carbocycles. The fourth-order valence-corrected chi connectivity index (χ4v) is 3.34. The lowest BCUT2D eigenvalue weighted by molar-refractivity contribution is 0.190. The zero-order valence-electron chi connectivity index (χ0n) is 4.52. The Kier molecular flexibility index (Phi) is 2.74. The number of aliphatic hydroxyl groups excluding tert-OH is 1. The standard InChI is InChI=1S/C4H8INOS/c1-5-4-6-3(7)2-8-4/h3,6-7H,2H2,1H3. The van der Waals surface area contributed by atoms with Crippen molar-refractivity contribution in [2.45, 2.75) is 6.23 Å². The number of hydrogen-bond donors (Lipinski definition) is 2. The molecule has 0 aromatic rings. The SMILES string of the molecule is CI=C1NC(O)CS1. The Labute approximate surface area is 62.8 Å². The summed E-state index contributed by atoms with van der Waals surface area (Å²) in [4.78, 5) is 2.19. The fourth-order valence-electron chi connectivity index (χ4n) is 0.476. The first kappa shape index (κ1) is 6.98. The largest absolute Gasteiger partial charge is 0.377 e. The summed E-state index contributed by atoms with van der Waals surface area (Å²) < 4.78 is 1.32. The molecule has 1 atom stereocenters. The third kappa shape index (κ3) is 1.68. The molecule has 0 amide bonds. The number of nitrogens with one attached hydrogen (secondary N) is 1. The maximum Gasteiger partial charge on any atom is 0.119 e. The van der Waals surface area contributed by atoms with E-state index in [1.54, 1.807) is 11.8 Å². The van der Waals surface area contributed by atoms with Crippen LogP contribution < -0.4 is 5.32 Å². The minimum atomic E-state index is -0.269. The molecule has 0 aliphatic carbocycles. The predicted molar refractivity (Wildman–Crippen MR) is 46.6 cm³/mol. The van der Waals surface area contributed by atoms with E-state index in [0.717, 1.165) is 5.75 Å². The van der Waals surface area contributed by atoms with Crippen LogP contribution >= 0.6 is 32.5 Å². The van der Waals surface area contributed by atoms with Crippen LogP contribution in [0.15, 0.2) is 0 Å². The molecule has 8 heavy (non-hydrogen) atoms. The predicted octanol–water partition coefficient (Wildman–Crippen LogP) is 0.329. The summed E-state index contributed by atoms with van der Waals surface area (Å²) in [5.74, 6) is 0.836. The molecule has 1 aliphatic heterocycles. The van der Waals surface area contributed by atoms with Gasteiger partial charge in [-0.2, -0.15) is 0 Å². The van der Waals surface area contributed by atoms with Crippen molar-refractivity contribution in [1.82, 2.24) is 5.32 Å². The number of thioether (sulfide) groups is 1. The van der Waals surface area contributed by atoms with E-state index >= 15 is 0 Å². The average molecular weight is 245 g/mol. The Hall–Kier alpha value is 0.870. The fraction of sp³-hybridized carbons (Fsp3) is 0.750. The van der Waals surface area contributed by atoms with Crippen molar-refractivity contribution in [1.29, 1.82) is 0 Å². The molecule has 2 N–H and O–H groups in total. The normalized spacial score (nSPS) is 35.2. The molecule has 48 valence electrons. The zero-order chi connectivity index (χ0) is 5.98. The van der Waals surface area contributed by atoms with E-state index in [0.29, 0.717) is 0 Å². The lowest BCUT2D eigenvalue weighted by Gasteiger charge is -1.95. The van der Waals surface area contributed by atoms with Crippen molar-refractivity contribution in [3.63, 3.8) is 0 Å². The first-order valence-electron chi connectivity index (χ1n) is 2.26. The monoisotopic (exact) mass is 245 g/mol. The lowest BCUT2D eigenvalue weighted by Crippen LogP contribution is -2.24. The summed E-state index contributed by atoms with van der Waals surface area (Å²) in [7, 11) is 0. The zero-order valence-corrected chi connectivity index (χ0v) is 7.49. The molecule has 0 spiro atoms. The average Bonchev–Trinajstić information content (AvgIpc) is 2.14. The van der Waals surface area contributed by atoms with E-state index < -0.39 is 0 Å². The molecule has 1 rings (SSSR count). The van der Waals surface area contributed by atoms with Crippen molar-refractivity contribution < 1.29 is 5.11 Å². The molecule has 1 unspecified atom stereocenters. The van der Waals surface area contributed by atoms with Gasteiger partial charge >= 0.3 is 0 Å². The molecule has 2 nitrogen and oxygen atoms in total.